The molecule has 1 aromatic rings. The largest absolute Gasteiger partial charge is 0.455 e. The molecule has 6 rings (SSSR count). The molecule has 11 nitrogen and oxygen atoms in total. The number of allylic oxidation sites excluding steroid dienone is 1. The van der Waals surface area contributed by atoms with E-state index in [1.54, 1.807) is 11.0 Å². The Morgan fingerprint density at radius 3 is 2.54 bits per heavy atom. The number of esters is 1. The van der Waals surface area contributed by atoms with Gasteiger partial charge in [0.25, 0.3) is 0 Å². The molecule has 3 fully saturated rings. The highest BCUT2D eigenvalue weighted by Crippen LogP contribution is 2.53. The third kappa shape index (κ3) is 6.69. The zero-order valence-corrected chi connectivity index (χ0v) is 27.8. The van der Waals surface area contributed by atoms with E-state index in [1.165, 1.54) is 7.11 Å². The number of methoxy groups -OCH3 is 1. The number of fused-ring (bicyclic) bond motifs is 2. The van der Waals surface area contributed by atoms with Crippen LogP contribution in [0.3, 0.4) is 0 Å². The van der Waals surface area contributed by atoms with E-state index in [0.29, 0.717) is 44.3 Å². The van der Waals surface area contributed by atoms with Gasteiger partial charge < -0.3 is 34.4 Å². The van der Waals surface area contributed by atoms with Gasteiger partial charge in [0, 0.05) is 39.3 Å². The molecular weight excluding hydrogens is 614 g/mol. The maximum absolute atomic E-state index is 14.7. The molecule has 5 aliphatic rings. The lowest BCUT2D eigenvalue weighted by Gasteiger charge is -2.39. The summed E-state index contributed by atoms with van der Waals surface area (Å²) in [5.41, 5.74) is -0.685. The first kappa shape index (κ1) is 34.3. The molecule has 2 saturated heterocycles. The number of benzene rings is 1. The van der Waals surface area contributed by atoms with E-state index in [9.17, 15) is 24.3 Å². The van der Waals surface area contributed by atoms with Crippen molar-refractivity contribution < 1.29 is 38.5 Å². The fourth-order valence-corrected chi connectivity index (χ4v) is 8.44. The van der Waals surface area contributed by atoms with Crippen LogP contribution < -0.4 is 5.32 Å². The number of aliphatic hydroxyl groups is 1. The number of carbonyl (C=O) groups is 4. The molecule has 1 saturated carbocycles. The highest BCUT2D eigenvalue weighted by Gasteiger charge is 2.72. The van der Waals surface area contributed by atoms with Gasteiger partial charge in [-0.1, -0.05) is 73.9 Å². The van der Waals surface area contributed by atoms with Crippen molar-refractivity contribution in [2.45, 2.75) is 100 Å². The van der Waals surface area contributed by atoms with E-state index in [4.69, 9.17) is 14.2 Å². The summed E-state index contributed by atoms with van der Waals surface area (Å²) in [7, 11) is 1.53. The van der Waals surface area contributed by atoms with Crippen molar-refractivity contribution in [3.8, 4) is 0 Å². The van der Waals surface area contributed by atoms with Gasteiger partial charge in [0.05, 0.1) is 24.7 Å². The Kier molecular flexibility index (Phi) is 11.0. The lowest BCUT2D eigenvalue weighted by atomic mass is 9.77. The summed E-state index contributed by atoms with van der Waals surface area (Å²) in [6.45, 7) is 0.894. The van der Waals surface area contributed by atoms with Gasteiger partial charge in [-0.05, 0) is 44.1 Å². The minimum absolute atomic E-state index is 0.0548. The van der Waals surface area contributed by atoms with Gasteiger partial charge in [0.15, 0.2) is 0 Å². The summed E-state index contributed by atoms with van der Waals surface area (Å²) in [6, 6.07) is 7.69. The van der Waals surface area contributed by atoms with Crippen molar-refractivity contribution in [3.63, 3.8) is 0 Å². The van der Waals surface area contributed by atoms with Crippen molar-refractivity contribution in [3.05, 3.63) is 60.2 Å². The number of hydrogen-bond acceptors (Lipinski definition) is 8. The van der Waals surface area contributed by atoms with Gasteiger partial charge in [-0.2, -0.15) is 0 Å². The van der Waals surface area contributed by atoms with Gasteiger partial charge in [-0.25, -0.2) is 0 Å². The Balaban J connectivity index is 1.40. The van der Waals surface area contributed by atoms with E-state index in [-0.39, 0.29) is 43.4 Å². The number of nitrogens with one attached hydrogen (secondary N) is 1. The van der Waals surface area contributed by atoms with E-state index in [2.05, 4.69) is 5.32 Å². The van der Waals surface area contributed by atoms with Crippen molar-refractivity contribution in [2.24, 2.45) is 11.8 Å². The molecule has 2 N–H and O–H groups in total. The number of hydrogen-bond donors (Lipinski definition) is 2. The third-order valence-corrected chi connectivity index (χ3v) is 10.7. The summed E-state index contributed by atoms with van der Waals surface area (Å²) in [5.74, 6) is -3.27. The van der Waals surface area contributed by atoms with Gasteiger partial charge in [0.2, 0.25) is 17.7 Å². The standard InChI is InChI=1S/C37H49N3O8/c1-46-24-27-32(25-14-5-2-6-15-25)47-36(45)30-28(18-9-10-19-29(42)38-27)48-37-20-13-22-39(26-16-7-3-8-17-26)35(44)33(37)40(34(43)31(30)37)21-11-4-12-23-41/h2,5-6,9,13-15,18,20,26-28,30-33,41H,3-4,7-8,10-12,16-17,19,21-24H2,1H3,(H,38,42)/b18-9-/t27-,28-,30+,31+,32-,33-,37+/m1/s1. The molecule has 0 bridgehead atoms. The quantitative estimate of drug-likeness (QED) is 0.234. The van der Waals surface area contributed by atoms with Gasteiger partial charge >= 0.3 is 5.97 Å². The Hall–Kier alpha value is -3.54. The average molecular weight is 664 g/mol. The molecule has 0 radical (unpaired) electrons. The minimum atomic E-state index is -1.37. The van der Waals surface area contributed by atoms with Crippen LogP contribution in [-0.2, 0) is 33.4 Å². The number of likely N-dealkylation sites (tertiary alicyclic amines) is 1. The Labute approximate surface area is 282 Å². The van der Waals surface area contributed by atoms with Crippen LogP contribution in [0.2, 0.25) is 0 Å². The first-order chi connectivity index (χ1) is 23.4. The van der Waals surface area contributed by atoms with Crippen LogP contribution in [0, 0.1) is 11.8 Å². The Morgan fingerprint density at radius 1 is 1.00 bits per heavy atom. The normalized spacial score (nSPS) is 33.5. The molecule has 4 heterocycles. The number of carbonyl (C=O) groups excluding carboxylic acids is 4. The second kappa shape index (κ2) is 15.3. The number of cyclic esters (lactones) is 1. The molecule has 11 heteroatoms. The second-order valence-electron chi connectivity index (χ2n) is 13.7. The van der Waals surface area contributed by atoms with Gasteiger partial charge in [-0.3, -0.25) is 19.2 Å². The average Bonchev–Trinajstić information content (AvgIpc) is 3.48. The summed E-state index contributed by atoms with van der Waals surface area (Å²) in [6.07, 6.45) is 13.3. The van der Waals surface area contributed by atoms with Crippen LogP contribution in [-0.4, -0.2) is 102 Å². The molecule has 48 heavy (non-hydrogen) atoms. The van der Waals surface area contributed by atoms with E-state index in [1.807, 2.05) is 53.5 Å². The van der Waals surface area contributed by atoms with Crippen LogP contribution in [0.1, 0.15) is 75.9 Å². The van der Waals surface area contributed by atoms with Gasteiger partial charge in [-0.15, -0.1) is 0 Å². The Morgan fingerprint density at radius 2 is 1.79 bits per heavy atom. The molecule has 4 aliphatic heterocycles. The van der Waals surface area contributed by atoms with E-state index < -0.39 is 47.7 Å². The van der Waals surface area contributed by atoms with Gasteiger partial charge in [0.1, 0.15) is 23.7 Å². The molecule has 1 aromatic carbocycles. The molecule has 7 atom stereocenters. The summed E-state index contributed by atoms with van der Waals surface area (Å²) < 4.78 is 18.7. The number of amides is 3. The molecule has 0 aromatic heterocycles. The molecule has 260 valence electrons. The lowest BCUT2D eigenvalue weighted by Crippen LogP contribution is -2.57. The van der Waals surface area contributed by atoms with Crippen molar-refractivity contribution in [1.82, 2.24) is 15.1 Å². The molecular formula is C37H49N3O8. The fraction of sp³-hybridized carbons (Fsp3) is 0.622. The molecule has 3 amide bonds. The zero-order valence-electron chi connectivity index (χ0n) is 27.8. The van der Waals surface area contributed by atoms with Crippen molar-refractivity contribution >= 4 is 23.7 Å². The third-order valence-electron chi connectivity index (χ3n) is 10.7. The molecule has 0 unspecified atom stereocenters. The summed E-state index contributed by atoms with van der Waals surface area (Å²) in [4.78, 5) is 60.5. The minimum Gasteiger partial charge on any atom is -0.455 e. The topological polar surface area (TPSA) is 135 Å². The fourth-order valence-electron chi connectivity index (χ4n) is 8.44. The predicted octanol–water partition coefficient (Wildman–Crippen LogP) is 3.23. The highest BCUT2D eigenvalue weighted by molar-refractivity contribution is 5.99. The number of ether oxygens (including phenoxy) is 3. The number of unbranched alkanes of at least 4 members (excludes halogenated alkanes) is 2. The van der Waals surface area contributed by atoms with E-state index in [0.717, 1.165) is 32.1 Å². The maximum Gasteiger partial charge on any atom is 0.313 e. The van der Waals surface area contributed by atoms with Crippen molar-refractivity contribution in [2.75, 3.05) is 33.4 Å². The second-order valence-corrected chi connectivity index (χ2v) is 13.7. The monoisotopic (exact) mass is 663 g/mol. The zero-order chi connectivity index (χ0) is 33.7. The SMILES string of the molecule is COC[C@H]1NC(=O)CC/C=C\[C@H]2O[C@]34C=CCN(C5CCCCC5)C(=O)[C@H]3N(CCCCCO)C(=O)[C@@H]4[C@H]2C(=O)O[C@@H]1c1ccccc1. The summed E-state index contributed by atoms with van der Waals surface area (Å²) in [5, 5.41) is 12.4. The first-order valence-electron chi connectivity index (χ1n) is 17.7. The number of rotatable bonds is 9. The van der Waals surface area contributed by atoms with Crippen LogP contribution in [0.15, 0.2) is 54.6 Å². The number of aliphatic hydroxyl groups excluding tert-OH is 1. The van der Waals surface area contributed by atoms with Crippen LogP contribution >= 0.6 is 0 Å². The summed E-state index contributed by atoms with van der Waals surface area (Å²) >= 11 is 0. The molecule has 1 spiro atoms. The molecule has 1 aliphatic carbocycles. The van der Waals surface area contributed by atoms with Crippen molar-refractivity contribution in [1.29, 1.82) is 0 Å². The lowest BCUT2D eigenvalue weighted by molar-refractivity contribution is -0.162. The van der Waals surface area contributed by atoms with E-state index >= 15 is 0 Å². The van der Waals surface area contributed by atoms with Crippen LogP contribution in [0.25, 0.3) is 0 Å². The highest BCUT2D eigenvalue weighted by atomic mass is 16.6. The maximum atomic E-state index is 14.7. The number of nitrogens with zero attached hydrogens (tertiary/aromatic N) is 2. The Bertz CT molecular complexity index is 1380. The van der Waals surface area contributed by atoms with Crippen LogP contribution in [0.4, 0.5) is 0 Å². The predicted molar refractivity (Wildman–Crippen MR) is 176 cm³/mol. The smallest absolute Gasteiger partial charge is 0.313 e. The van der Waals surface area contributed by atoms with Crippen LogP contribution in [0.5, 0.6) is 0 Å². The first-order valence-corrected chi connectivity index (χ1v) is 17.7.